The highest BCUT2D eigenvalue weighted by Gasteiger charge is 2.35. The fourth-order valence-electron chi connectivity index (χ4n) is 4.25. The van der Waals surface area contributed by atoms with Crippen molar-refractivity contribution in [3.63, 3.8) is 0 Å². The Labute approximate surface area is 176 Å². The molecular weight excluding hydrogens is 380 g/mol. The number of benzene rings is 1. The summed E-state index contributed by atoms with van der Waals surface area (Å²) in [6, 6.07) is 13.4. The Hall–Kier alpha value is -3.19. The molecule has 1 fully saturated rings. The minimum atomic E-state index is -0.187. The van der Waals surface area contributed by atoms with Crippen LogP contribution in [0.5, 0.6) is 11.5 Å². The highest BCUT2D eigenvalue weighted by Crippen LogP contribution is 2.43. The quantitative estimate of drug-likeness (QED) is 0.559. The molecule has 1 aromatic carbocycles. The van der Waals surface area contributed by atoms with Gasteiger partial charge in [0.1, 0.15) is 17.8 Å². The summed E-state index contributed by atoms with van der Waals surface area (Å²) < 4.78 is 13.0. The van der Waals surface area contributed by atoms with Crippen molar-refractivity contribution in [3.8, 4) is 17.3 Å². The van der Waals surface area contributed by atoms with E-state index >= 15 is 0 Å². The highest BCUT2D eigenvalue weighted by molar-refractivity contribution is 5.58. The van der Waals surface area contributed by atoms with E-state index < -0.39 is 0 Å². The van der Waals surface area contributed by atoms with E-state index in [2.05, 4.69) is 10.00 Å². The van der Waals surface area contributed by atoms with Gasteiger partial charge in [0.05, 0.1) is 31.5 Å². The number of aldehydes is 1. The zero-order valence-electron chi connectivity index (χ0n) is 17.3. The normalized spacial score (nSPS) is 19.4. The lowest BCUT2D eigenvalue weighted by atomic mass is 9.90. The van der Waals surface area contributed by atoms with Crippen LogP contribution in [0.3, 0.4) is 0 Å². The average Bonchev–Trinajstić information content (AvgIpc) is 3.34. The lowest BCUT2D eigenvalue weighted by molar-refractivity contribution is -0.115. The Morgan fingerprint density at radius 2 is 1.83 bits per heavy atom. The van der Waals surface area contributed by atoms with Gasteiger partial charge in [-0.15, -0.1) is 0 Å². The fraction of sp³-hybridized carbons (Fsp3) is 0.348. The van der Waals surface area contributed by atoms with E-state index in [-0.39, 0.29) is 12.1 Å². The first-order valence-corrected chi connectivity index (χ1v) is 10.1. The van der Waals surface area contributed by atoms with E-state index in [0.29, 0.717) is 6.54 Å². The number of carbonyl (C=O) groups excluding carboxylic acids is 1. The van der Waals surface area contributed by atoms with Crippen LogP contribution in [0.2, 0.25) is 0 Å². The van der Waals surface area contributed by atoms with E-state index in [4.69, 9.17) is 14.5 Å². The molecule has 0 bridgehead atoms. The number of methoxy groups -OCH3 is 2. The largest absolute Gasteiger partial charge is 0.496 e. The van der Waals surface area contributed by atoms with Crippen LogP contribution in [0.4, 0.5) is 0 Å². The van der Waals surface area contributed by atoms with E-state index in [1.165, 1.54) is 0 Å². The van der Waals surface area contributed by atoms with Gasteiger partial charge < -0.3 is 14.3 Å². The van der Waals surface area contributed by atoms with Crippen LogP contribution < -0.4 is 9.47 Å². The predicted molar refractivity (Wildman–Crippen MR) is 113 cm³/mol. The standard InChI is InChI=1S/C23H26N4O3/c1-29-20-10-5-11-21(30-2)23(20)19-9-4-8-18(16-28)26(19)15-17-7-3-12-22(25-17)27-14-6-13-24-27/h3,5-7,10-14,16,18-19H,4,8-9,15H2,1-2H3. The molecule has 0 radical (unpaired) electrons. The van der Waals surface area contributed by atoms with Crippen molar-refractivity contribution in [3.05, 3.63) is 66.1 Å². The molecule has 4 rings (SSSR count). The van der Waals surface area contributed by atoms with Crippen molar-refractivity contribution in [1.29, 1.82) is 0 Å². The Balaban J connectivity index is 1.71. The summed E-state index contributed by atoms with van der Waals surface area (Å²) in [7, 11) is 3.33. The lowest BCUT2D eigenvalue weighted by Gasteiger charge is -2.40. The monoisotopic (exact) mass is 406 g/mol. The number of carbonyl (C=O) groups is 1. The number of hydrogen-bond donors (Lipinski definition) is 0. The first-order chi connectivity index (χ1) is 14.7. The van der Waals surface area contributed by atoms with Crippen molar-refractivity contribution < 1.29 is 14.3 Å². The molecule has 1 aliphatic heterocycles. The maximum absolute atomic E-state index is 12.0. The van der Waals surface area contributed by atoms with Crippen LogP contribution >= 0.6 is 0 Å². The van der Waals surface area contributed by atoms with Crippen molar-refractivity contribution in [2.24, 2.45) is 0 Å². The third-order valence-electron chi connectivity index (χ3n) is 5.64. The molecule has 2 aromatic heterocycles. The highest BCUT2D eigenvalue weighted by atomic mass is 16.5. The van der Waals surface area contributed by atoms with Gasteiger partial charge in [-0.25, -0.2) is 9.67 Å². The summed E-state index contributed by atoms with van der Waals surface area (Å²) in [5, 5.41) is 4.26. The molecule has 0 amide bonds. The second-order valence-corrected chi connectivity index (χ2v) is 7.34. The Kier molecular flexibility index (Phi) is 6.09. The lowest BCUT2D eigenvalue weighted by Crippen LogP contribution is -2.42. The predicted octanol–water partition coefficient (Wildman–Crippen LogP) is 3.58. The molecule has 156 valence electrons. The molecule has 1 aliphatic rings. The molecule has 1 saturated heterocycles. The Morgan fingerprint density at radius 3 is 2.50 bits per heavy atom. The Morgan fingerprint density at radius 1 is 1.07 bits per heavy atom. The van der Waals surface area contributed by atoms with Crippen molar-refractivity contribution in [2.75, 3.05) is 14.2 Å². The minimum Gasteiger partial charge on any atom is -0.496 e. The fourth-order valence-corrected chi connectivity index (χ4v) is 4.25. The number of ether oxygens (including phenoxy) is 2. The van der Waals surface area contributed by atoms with Gasteiger partial charge in [-0.3, -0.25) is 4.90 Å². The minimum absolute atomic E-state index is 0.00444. The van der Waals surface area contributed by atoms with Crippen molar-refractivity contribution >= 4 is 6.29 Å². The topological polar surface area (TPSA) is 69.5 Å². The summed E-state index contributed by atoms with van der Waals surface area (Å²) in [5.74, 6) is 2.30. The number of likely N-dealkylation sites (tertiary alicyclic amines) is 1. The third-order valence-corrected chi connectivity index (χ3v) is 5.64. The van der Waals surface area contributed by atoms with E-state index in [1.807, 2.05) is 48.7 Å². The summed E-state index contributed by atoms with van der Waals surface area (Å²) in [5.41, 5.74) is 1.87. The van der Waals surface area contributed by atoms with Crippen LogP contribution in [0.15, 0.2) is 54.9 Å². The van der Waals surface area contributed by atoms with Crippen molar-refractivity contribution in [1.82, 2.24) is 19.7 Å². The number of nitrogens with zero attached hydrogens (tertiary/aromatic N) is 4. The molecule has 2 unspecified atom stereocenters. The van der Waals surface area contributed by atoms with Crippen LogP contribution in [0.1, 0.15) is 36.6 Å². The number of hydrogen-bond acceptors (Lipinski definition) is 6. The molecule has 0 saturated carbocycles. The molecule has 30 heavy (non-hydrogen) atoms. The van der Waals surface area contributed by atoms with E-state index in [1.54, 1.807) is 25.1 Å². The molecular formula is C23H26N4O3. The summed E-state index contributed by atoms with van der Waals surface area (Å²) >= 11 is 0. The zero-order chi connectivity index (χ0) is 20.9. The Bertz CT molecular complexity index is 968. The van der Waals surface area contributed by atoms with Gasteiger partial charge in [0, 0.05) is 25.0 Å². The smallest absolute Gasteiger partial charge is 0.153 e. The van der Waals surface area contributed by atoms with Crippen LogP contribution in [-0.4, -0.2) is 46.2 Å². The summed E-state index contributed by atoms with van der Waals surface area (Å²) in [6.07, 6.45) is 7.35. The van der Waals surface area contributed by atoms with Crippen LogP contribution in [0, 0.1) is 0 Å². The molecule has 7 nitrogen and oxygen atoms in total. The number of piperidine rings is 1. The summed E-state index contributed by atoms with van der Waals surface area (Å²) in [4.78, 5) is 18.9. The number of aromatic nitrogens is 3. The van der Waals surface area contributed by atoms with Gasteiger partial charge in [-0.1, -0.05) is 12.1 Å². The van der Waals surface area contributed by atoms with Gasteiger partial charge in [-0.05, 0) is 49.6 Å². The van der Waals surface area contributed by atoms with E-state index in [0.717, 1.165) is 54.1 Å². The van der Waals surface area contributed by atoms with Crippen molar-refractivity contribution in [2.45, 2.75) is 37.9 Å². The molecule has 0 aliphatic carbocycles. The average molecular weight is 406 g/mol. The molecule has 0 spiro atoms. The van der Waals surface area contributed by atoms with E-state index in [9.17, 15) is 4.79 Å². The van der Waals surface area contributed by atoms with Gasteiger partial charge >= 0.3 is 0 Å². The SMILES string of the molecule is COc1cccc(OC)c1C1CCCC(C=O)N1Cc1cccc(-n2cccn2)n1. The first-order valence-electron chi connectivity index (χ1n) is 10.1. The second kappa shape index (κ2) is 9.09. The second-order valence-electron chi connectivity index (χ2n) is 7.34. The maximum atomic E-state index is 12.0. The number of rotatable bonds is 7. The summed E-state index contributed by atoms with van der Waals surface area (Å²) in [6.45, 7) is 0.546. The van der Waals surface area contributed by atoms with Crippen LogP contribution in [-0.2, 0) is 11.3 Å². The first kappa shape index (κ1) is 20.1. The molecule has 3 aromatic rings. The van der Waals surface area contributed by atoms with Gasteiger partial charge in [-0.2, -0.15) is 5.10 Å². The zero-order valence-corrected chi connectivity index (χ0v) is 17.3. The third kappa shape index (κ3) is 3.93. The molecule has 2 atom stereocenters. The molecule has 7 heteroatoms. The molecule has 0 N–H and O–H groups in total. The van der Waals surface area contributed by atoms with Gasteiger partial charge in [0.25, 0.3) is 0 Å². The van der Waals surface area contributed by atoms with Gasteiger partial charge in [0.2, 0.25) is 0 Å². The maximum Gasteiger partial charge on any atom is 0.153 e. The van der Waals surface area contributed by atoms with Crippen LogP contribution in [0.25, 0.3) is 5.82 Å². The molecule has 3 heterocycles. The number of pyridine rings is 1. The van der Waals surface area contributed by atoms with Gasteiger partial charge in [0.15, 0.2) is 5.82 Å².